The molecule has 3 rings (SSSR count). The van der Waals surface area contributed by atoms with Crippen molar-refractivity contribution < 1.29 is 9.35 Å². The number of amides is 1. The average molecular weight is 419 g/mol. The van der Waals surface area contributed by atoms with Gasteiger partial charge in [-0.15, -0.1) is 0 Å². The molecule has 0 bridgehead atoms. The molecule has 1 aliphatic heterocycles. The molecule has 0 saturated carbocycles. The number of fused-ring (bicyclic) bond motifs is 1. The van der Waals surface area contributed by atoms with Crippen molar-refractivity contribution in [3.63, 3.8) is 0 Å². The summed E-state index contributed by atoms with van der Waals surface area (Å²) in [6, 6.07) is 15.4. The van der Waals surface area contributed by atoms with Crippen molar-refractivity contribution in [3.05, 3.63) is 64.1 Å². The summed E-state index contributed by atoms with van der Waals surface area (Å²) in [5, 5.41) is 0. The van der Waals surface area contributed by atoms with Crippen LogP contribution in [0.1, 0.15) is 31.9 Å². The Labute approximate surface area is 159 Å². The van der Waals surface area contributed by atoms with E-state index in [9.17, 15) is 9.35 Å². The zero-order chi connectivity index (χ0) is 18.2. The van der Waals surface area contributed by atoms with Crippen LogP contribution < -0.4 is 4.90 Å². The zero-order valence-electron chi connectivity index (χ0n) is 14.3. The molecule has 130 valence electrons. The zero-order valence-corrected chi connectivity index (χ0v) is 16.7. The van der Waals surface area contributed by atoms with E-state index in [1.165, 1.54) is 0 Å². The van der Waals surface area contributed by atoms with Crippen LogP contribution in [0.3, 0.4) is 0 Å². The first kappa shape index (κ1) is 18.2. The second kappa shape index (κ2) is 6.94. The van der Waals surface area contributed by atoms with Crippen molar-refractivity contribution in [2.45, 2.75) is 32.1 Å². The third-order valence-electron chi connectivity index (χ3n) is 3.85. The third-order valence-corrected chi connectivity index (χ3v) is 5.77. The van der Waals surface area contributed by atoms with E-state index in [0.29, 0.717) is 6.54 Å². The standard InChI is InChI=1S/C19H19BrN2O2S/c1-19(2,3)25(24)21-17-15-6-4-5-7-16(15)22(18(17)23)12-13-8-10-14(20)11-9-13/h4-11H,12H2,1-3H3/b21-17-. The molecule has 0 saturated heterocycles. The first-order valence-electron chi connectivity index (χ1n) is 7.94. The molecule has 1 unspecified atom stereocenters. The number of carbonyl (C=O) groups is 1. The van der Waals surface area contributed by atoms with Crippen molar-refractivity contribution in [1.82, 2.24) is 0 Å². The van der Waals surface area contributed by atoms with Crippen LogP contribution in [0.15, 0.2) is 57.4 Å². The lowest BCUT2D eigenvalue weighted by Gasteiger charge is -2.19. The maximum atomic E-state index is 12.9. The summed E-state index contributed by atoms with van der Waals surface area (Å²) in [6.07, 6.45) is 0. The minimum atomic E-state index is -1.49. The molecule has 0 aromatic heterocycles. The number of hydrogen-bond donors (Lipinski definition) is 0. The van der Waals surface area contributed by atoms with Crippen LogP contribution in [0.4, 0.5) is 5.69 Å². The Hall–Kier alpha value is -1.63. The van der Waals surface area contributed by atoms with E-state index < -0.39 is 16.1 Å². The summed E-state index contributed by atoms with van der Waals surface area (Å²) >= 11 is 1.93. The van der Waals surface area contributed by atoms with Gasteiger partial charge in [0, 0.05) is 10.0 Å². The summed E-state index contributed by atoms with van der Waals surface area (Å²) in [5.74, 6) is -0.207. The van der Waals surface area contributed by atoms with Gasteiger partial charge in [0.15, 0.2) is 5.71 Å². The molecule has 0 fully saturated rings. The summed E-state index contributed by atoms with van der Waals surface area (Å²) in [7, 11) is 0. The molecule has 1 atom stereocenters. The van der Waals surface area contributed by atoms with Crippen LogP contribution in [-0.2, 0) is 22.7 Å². The van der Waals surface area contributed by atoms with Crippen molar-refractivity contribution in [2.24, 2.45) is 4.40 Å². The molecule has 25 heavy (non-hydrogen) atoms. The predicted molar refractivity (Wildman–Crippen MR) is 106 cm³/mol. The van der Waals surface area contributed by atoms with E-state index in [1.54, 1.807) is 4.90 Å². The molecule has 1 amide bonds. The topological polar surface area (TPSA) is 55.7 Å². The number of hydrogen-bond acceptors (Lipinski definition) is 3. The van der Waals surface area contributed by atoms with Gasteiger partial charge in [0.25, 0.3) is 5.91 Å². The van der Waals surface area contributed by atoms with Crippen LogP contribution in [0.2, 0.25) is 0 Å². The molecular weight excluding hydrogens is 400 g/mol. The Morgan fingerprint density at radius 2 is 1.76 bits per heavy atom. The third kappa shape index (κ3) is 3.81. The molecule has 2 aromatic carbocycles. The van der Waals surface area contributed by atoms with Gasteiger partial charge in [-0.05, 0) is 44.5 Å². The van der Waals surface area contributed by atoms with Crippen LogP contribution in [-0.4, -0.2) is 20.9 Å². The molecule has 1 heterocycles. The van der Waals surface area contributed by atoms with Crippen molar-refractivity contribution >= 4 is 44.6 Å². The minimum Gasteiger partial charge on any atom is -0.591 e. The maximum Gasteiger partial charge on any atom is 0.282 e. The fourth-order valence-corrected chi connectivity index (χ4v) is 3.38. The summed E-state index contributed by atoms with van der Waals surface area (Å²) in [4.78, 5) is 14.6. The van der Waals surface area contributed by atoms with Crippen molar-refractivity contribution in [1.29, 1.82) is 0 Å². The largest absolute Gasteiger partial charge is 0.591 e. The van der Waals surface area contributed by atoms with E-state index in [0.717, 1.165) is 21.3 Å². The summed E-state index contributed by atoms with van der Waals surface area (Å²) < 4.78 is 17.2. The Balaban J connectivity index is 1.98. The van der Waals surface area contributed by atoms with Crippen molar-refractivity contribution in [2.75, 3.05) is 4.90 Å². The molecule has 0 spiro atoms. The van der Waals surface area contributed by atoms with Gasteiger partial charge in [-0.2, -0.15) is 0 Å². The van der Waals surface area contributed by atoms with Crippen LogP contribution in [0.5, 0.6) is 0 Å². The Kier molecular flexibility index (Phi) is 5.04. The molecule has 0 aliphatic carbocycles. The summed E-state index contributed by atoms with van der Waals surface area (Å²) in [5.41, 5.74) is 2.84. The van der Waals surface area contributed by atoms with Gasteiger partial charge in [0.05, 0.1) is 12.2 Å². The van der Waals surface area contributed by atoms with E-state index in [1.807, 2.05) is 69.3 Å². The van der Waals surface area contributed by atoms with Crippen molar-refractivity contribution in [3.8, 4) is 0 Å². The Morgan fingerprint density at radius 1 is 1.12 bits per heavy atom. The van der Waals surface area contributed by atoms with Gasteiger partial charge in [-0.1, -0.05) is 50.7 Å². The molecule has 2 aromatic rings. The Morgan fingerprint density at radius 3 is 2.40 bits per heavy atom. The highest BCUT2D eigenvalue weighted by molar-refractivity contribution is 9.10. The fraction of sp³-hybridized carbons (Fsp3) is 0.263. The first-order chi connectivity index (χ1) is 11.8. The highest BCUT2D eigenvalue weighted by atomic mass is 79.9. The van der Waals surface area contributed by atoms with Crippen LogP contribution in [0.25, 0.3) is 0 Å². The lowest BCUT2D eigenvalue weighted by molar-refractivity contribution is -0.112. The monoisotopic (exact) mass is 418 g/mol. The summed E-state index contributed by atoms with van der Waals surface area (Å²) in [6.45, 7) is 5.98. The first-order valence-corrected chi connectivity index (χ1v) is 9.84. The van der Waals surface area contributed by atoms with E-state index in [-0.39, 0.29) is 11.6 Å². The molecule has 0 radical (unpaired) electrons. The normalized spacial score (nSPS) is 17.1. The number of rotatable bonds is 3. The van der Waals surface area contributed by atoms with Gasteiger partial charge >= 0.3 is 0 Å². The molecular formula is C19H19BrN2O2S. The number of carbonyl (C=O) groups excluding carboxylic acids is 1. The van der Waals surface area contributed by atoms with Gasteiger partial charge in [0.1, 0.15) is 16.1 Å². The predicted octanol–water partition coefficient (Wildman–Crippen LogP) is 4.25. The number of anilines is 1. The molecule has 1 aliphatic rings. The average Bonchev–Trinajstić information content (AvgIpc) is 2.82. The lowest BCUT2D eigenvalue weighted by Crippen LogP contribution is -2.32. The lowest BCUT2D eigenvalue weighted by atomic mass is 10.1. The highest BCUT2D eigenvalue weighted by Gasteiger charge is 2.37. The number of benzene rings is 2. The second-order valence-electron chi connectivity index (χ2n) is 6.84. The van der Waals surface area contributed by atoms with Gasteiger partial charge < -0.3 is 9.45 Å². The van der Waals surface area contributed by atoms with Gasteiger partial charge in [-0.25, -0.2) is 0 Å². The molecule has 6 heteroatoms. The van der Waals surface area contributed by atoms with Gasteiger partial charge in [-0.3, -0.25) is 4.79 Å². The van der Waals surface area contributed by atoms with E-state index >= 15 is 0 Å². The second-order valence-corrected chi connectivity index (χ2v) is 9.66. The number of para-hydroxylation sites is 1. The smallest absolute Gasteiger partial charge is 0.282 e. The van der Waals surface area contributed by atoms with Crippen LogP contribution in [0, 0.1) is 0 Å². The number of halogens is 1. The quantitative estimate of drug-likeness (QED) is 0.699. The van der Waals surface area contributed by atoms with Gasteiger partial charge in [0.2, 0.25) is 0 Å². The SMILES string of the molecule is CC(C)(C)[S+]([O-])/N=C1\C(=O)N(Cc2ccc(Br)cc2)c2ccccc21. The number of nitrogens with zero attached hydrogens (tertiary/aromatic N) is 2. The van der Waals surface area contributed by atoms with E-state index in [2.05, 4.69) is 20.3 Å². The van der Waals surface area contributed by atoms with Crippen LogP contribution >= 0.6 is 15.9 Å². The Bertz CT molecular complexity index is 828. The maximum absolute atomic E-state index is 12.9. The highest BCUT2D eigenvalue weighted by Crippen LogP contribution is 2.32. The van der Waals surface area contributed by atoms with E-state index in [4.69, 9.17) is 0 Å². The minimum absolute atomic E-state index is 0.207. The molecule has 4 nitrogen and oxygen atoms in total. The molecule has 0 N–H and O–H groups in total. The fourth-order valence-electron chi connectivity index (χ4n) is 2.50.